The van der Waals surface area contributed by atoms with Crippen LogP contribution in [0.5, 0.6) is 0 Å². The summed E-state index contributed by atoms with van der Waals surface area (Å²) in [6, 6.07) is 8.23. The SMILES string of the molecule is CN=C(NCc1ccc(N2CCCC2=O)cc1)NCC1CCN(CCOC)CC1.I. The van der Waals surface area contributed by atoms with E-state index in [2.05, 4.69) is 32.7 Å². The number of piperidine rings is 1. The summed E-state index contributed by atoms with van der Waals surface area (Å²) < 4.78 is 5.17. The van der Waals surface area contributed by atoms with Crippen LogP contribution in [0, 0.1) is 5.92 Å². The topological polar surface area (TPSA) is 69.2 Å². The summed E-state index contributed by atoms with van der Waals surface area (Å²) in [7, 11) is 3.57. The predicted octanol–water partition coefficient (Wildman–Crippen LogP) is 2.45. The first kappa shape index (κ1) is 24.9. The Morgan fingerprint density at radius 1 is 1.17 bits per heavy atom. The quantitative estimate of drug-likeness (QED) is 0.308. The summed E-state index contributed by atoms with van der Waals surface area (Å²) in [6.45, 7) is 6.63. The molecule has 0 atom stereocenters. The largest absolute Gasteiger partial charge is 0.383 e. The average Bonchev–Trinajstić information content (AvgIpc) is 3.19. The zero-order valence-corrected chi connectivity index (χ0v) is 20.6. The molecule has 0 radical (unpaired) electrons. The number of aliphatic imine (C=N–C) groups is 1. The fourth-order valence-electron chi connectivity index (χ4n) is 4.00. The van der Waals surface area contributed by atoms with Gasteiger partial charge in [0.2, 0.25) is 5.91 Å². The Balaban J connectivity index is 0.00000320. The lowest BCUT2D eigenvalue weighted by atomic mass is 9.97. The molecule has 2 fully saturated rings. The first-order chi connectivity index (χ1) is 14.2. The van der Waals surface area contributed by atoms with E-state index in [0.717, 1.165) is 57.4 Å². The third-order valence-corrected chi connectivity index (χ3v) is 5.88. The molecule has 7 nitrogen and oxygen atoms in total. The molecule has 0 spiro atoms. The number of hydrogen-bond acceptors (Lipinski definition) is 4. The van der Waals surface area contributed by atoms with E-state index in [1.807, 2.05) is 24.1 Å². The Morgan fingerprint density at radius 2 is 1.90 bits per heavy atom. The van der Waals surface area contributed by atoms with Crippen molar-refractivity contribution in [3.63, 3.8) is 0 Å². The predicted molar refractivity (Wildman–Crippen MR) is 133 cm³/mol. The third kappa shape index (κ3) is 7.39. The van der Waals surface area contributed by atoms with Crippen molar-refractivity contribution in [1.82, 2.24) is 15.5 Å². The van der Waals surface area contributed by atoms with Crippen LogP contribution in [0.25, 0.3) is 0 Å². The molecule has 0 saturated carbocycles. The van der Waals surface area contributed by atoms with Gasteiger partial charge in [0.15, 0.2) is 5.96 Å². The van der Waals surface area contributed by atoms with Crippen molar-refractivity contribution >= 4 is 41.5 Å². The van der Waals surface area contributed by atoms with E-state index in [-0.39, 0.29) is 29.9 Å². The zero-order chi connectivity index (χ0) is 20.5. The van der Waals surface area contributed by atoms with Crippen LogP contribution in [0.3, 0.4) is 0 Å². The molecule has 8 heteroatoms. The molecular formula is C22H36IN5O2. The Kier molecular flexibility index (Phi) is 10.9. The van der Waals surface area contributed by atoms with Gasteiger partial charge in [-0.25, -0.2) is 0 Å². The number of rotatable bonds is 8. The van der Waals surface area contributed by atoms with Crippen molar-refractivity contribution in [2.75, 3.05) is 58.4 Å². The fraction of sp³-hybridized carbons (Fsp3) is 0.636. The summed E-state index contributed by atoms with van der Waals surface area (Å²) in [5.41, 5.74) is 2.17. The van der Waals surface area contributed by atoms with Gasteiger partial charge in [0, 0.05) is 52.4 Å². The van der Waals surface area contributed by atoms with Gasteiger partial charge >= 0.3 is 0 Å². The second-order valence-corrected chi connectivity index (χ2v) is 7.90. The lowest BCUT2D eigenvalue weighted by Gasteiger charge is -2.32. The van der Waals surface area contributed by atoms with Crippen molar-refractivity contribution in [2.24, 2.45) is 10.9 Å². The van der Waals surface area contributed by atoms with Crippen molar-refractivity contribution in [1.29, 1.82) is 0 Å². The number of carbonyl (C=O) groups excluding carboxylic acids is 1. The minimum atomic E-state index is 0. The summed E-state index contributed by atoms with van der Waals surface area (Å²) in [6.07, 6.45) is 4.04. The van der Waals surface area contributed by atoms with E-state index in [1.165, 1.54) is 18.4 Å². The maximum atomic E-state index is 11.9. The minimum Gasteiger partial charge on any atom is -0.383 e. The number of nitrogens with zero attached hydrogens (tertiary/aromatic N) is 3. The summed E-state index contributed by atoms with van der Waals surface area (Å²) in [5, 5.41) is 6.86. The summed E-state index contributed by atoms with van der Waals surface area (Å²) in [5.74, 6) is 1.75. The van der Waals surface area contributed by atoms with Crippen LogP contribution in [-0.2, 0) is 16.1 Å². The minimum absolute atomic E-state index is 0. The number of ether oxygens (including phenoxy) is 1. The van der Waals surface area contributed by atoms with Gasteiger partial charge in [-0.2, -0.15) is 0 Å². The number of guanidine groups is 1. The molecule has 0 unspecified atom stereocenters. The van der Waals surface area contributed by atoms with E-state index in [1.54, 1.807) is 7.11 Å². The van der Waals surface area contributed by atoms with Gasteiger partial charge in [0.1, 0.15) is 0 Å². The second-order valence-electron chi connectivity index (χ2n) is 7.90. The highest BCUT2D eigenvalue weighted by Crippen LogP contribution is 2.21. The second kappa shape index (κ2) is 13.1. The zero-order valence-electron chi connectivity index (χ0n) is 18.2. The molecule has 1 aromatic rings. The number of hydrogen-bond donors (Lipinski definition) is 2. The Labute approximate surface area is 197 Å². The van der Waals surface area contributed by atoms with Crippen LogP contribution in [0.1, 0.15) is 31.2 Å². The monoisotopic (exact) mass is 529 g/mol. The van der Waals surface area contributed by atoms with Crippen LogP contribution < -0.4 is 15.5 Å². The highest BCUT2D eigenvalue weighted by atomic mass is 127. The fourth-order valence-corrected chi connectivity index (χ4v) is 4.00. The molecule has 2 saturated heterocycles. The Hall–Kier alpha value is -1.39. The van der Waals surface area contributed by atoms with Crippen LogP contribution in [0.4, 0.5) is 5.69 Å². The van der Waals surface area contributed by atoms with E-state index in [0.29, 0.717) is 18.9 Å². The van der Waals surface area contributed by atoms with Gasteiger partial charge in [0.25, 0.3) is 0 Å². The number of methoxy groups -OCH3 is 1. The maximum absolute atomic E-state index is 11.9. The number of benzene rings is 1. The highest BCUT2D eigenvalue weighted by molar-refractivity contribution is 14.0. The van der Waals surface area contributed by atoms with E-state index < -0.39 is 0 Å². The summed E-state index contributed by atoms with van der Waals surface area (Å²) >= 11 is 0. The molecule has 0 aromatic heterocycles. The van der Waals surface area contributed by atoms with Crippen LogP contribution in [0.2, 0.25) is 0 Å². The van der Waals surface area contributed by atoms with Crippen molar-refractivity contribution in [3.8, 4) is 0 Å². The smallest absolute Gasteiger partial charge is 0.227 e. The average molecular weight is 529 g/mol. The van der Waals surface area contributed by atoms with Gasteiger partial charge in [-0.3, -0.25) is 9.79 Å². The normalized spacial score (nSPS) is 18.4. The van der Waals surface area contributed by atoms with Gasteiger partial charge in [-0.1, -0.05) is 12.1 Å². The third-order valence-electron chi connectivity index (χ3n) is 5.88. The molecule has 30 heavy (non-hydrogen) atoms. The Morgan fingerprint density at radius 3 is 2.50 bits per heavy atom. The molecule has 2 heterocycles. The molecule has 1 aromatic carbocycles. The van der Waals surface area contributed by atoms with Crippen molar-refractivity contribution in [3.05, 3.63) is 29.8 Å². The number of halogens is 1. The van der Waals surface area contributed by atoms with Crippen LogP contribution >= 0.6 is 24.0 Å². The number of anilines is 1. The Bertz CT molecular complexity index is 675. The number of amides is 1. The lowest BCUT2D eigenvalue weighted by molar-refractivity contribution is -0.117. The first-order valence-corrected chi connectivity index (χ1v) is 10.7. The van der Waals surface area contributed by atoms with Crippen molar-refractivity contribution in [2.45, 2.75) is 32.2 Å². The van der Waals surface area contributed by atoms with Crippen LogP contribution in [0.15, 0.2) is 29.3 Å². The number of likely N-dealkylation sites (tertiary alicyclic amines) is 1. The highest BCUT2D eigenvalue weighted by Gasteiger charge is 2.21. The molecule has 2 aliphatic rings. The van der Waals surface area contributed by atoms with E-state index >= 15 is 0 Å². The van der Waals surface area contributed by atoms with Gasteiger partial charge in [-0.15, -0.1) is 24.0 Å². The molecule has 3 rings (SSSR count). The van der Waals surface area contributed by atoms with Gasteiger partial charge in [0.05, 0.1) is 6.61 Å². The van der Waals surface area contributed by atoms with Gasteiger partial charge < -0.3 is 25.2 Å². The number of carbonyl (C=O) groups is 1. The maximum Gasteiger partial charge on any atom is 0.227 e. The van der Waals surface area contributed by atoms with Crippen LogP contribution in [-0.4, -0.2) is 70.3 Å². The first-order valence-electron chi connectivity index (χ1n) is 10.7. The molecule has 1 amide bonds. The van der Waals surface area contributed by atoms with E-state index in [4.69, 9.17) is 4.74 Å². The number of nitrogens with one attached hydrogen (secondary N) is 2. The van der Waals surface area contributed by atoms with E-state index in [9.17, 15) is 4.79 Å². The molecule has 0 bridgehead atoms. The molecular weight excluding hydrogens is 493 g/mol. The summed E-state index contributed by atoms with van der Waals surface area (Å²) in [4.78, 5) is 20.6. The van der Waals surface area contributed by atoms with Gasteiger partial charge in [-0.05, 0) is 56.0 Å². The molecule has 2 N–H and O–H groups in total. The molecule has 2 aliphatic heterocycles. The molecule has 168 valence electrons. The van der Waals surface area contributed by atoms with Crippen molar-refractivity contribution < 1.29 is 9.53 Å². The standard InChI is InChI=1S/C22H35N5O2.HI/c1-23-22(25-17-19-9-12-26(13-10-19)14-15-29-2)24-16-18-5-7-20(8-6-18)27-11-3-4-21(27)28;/h5-8,19H,3-4,9-17H2,1-2H3,(H2,23,24,25);1H. The molecule has 0 aliphatic carbocycles. The lowest BCUT2D eigenvalue weighted by Crippen LogP contribution is -2.43.